The molecule has 1 fully saturated rings. The number of carbonyl (C=O) groups is 2. The van der Waals surface area contributed by atoms with Crippen LogP contribution < -0.4 is 0 Å². The van der Waals surface area contributed by atoms with Gasteiger partial charge in [-0.15, -0.1) is 0 Å². The number of benzene rings is 3. The van der Waals surface area contributed by atoms with E-state index in [0.29, 0.717) is 64.8 Å². The number of carboxylic acid groups (broad SMARTS) is 1. The summed E-state index contributed by atoms with van der Waals surface area (Å²) < 4.78 is 28.1. The molecule has 3 aromatic rings. The second-order valence-electron chi connectivity index (χ2n) is 10.8. The molecule has 7 nitrogen and oxygen atoms in total. The van der Waals surface area contributed by atoms with E-state index in [4.69, 9.17) is 32.7 Å². The van der Waals surface area contributed by atoms with E-state index in [1.807, 2.05) is 6.92 Å². The Bertz CT molecular complexity index is 1510. The Labute approximate surface area is 253 Å². The van der Waals surface area contributed by atoms with Crippen LogP contribution in [0.25, 0.3) is 0 Å². The van der Waals surface area contributed by atoms with Crippen LogP contribution in [0, 0.1) is 11.7 Å². The summed E-state index contributed by atoms with van der Waals surface area (Å²) in [5.41, 5.74) is -1.28. The molecule has 0 radical (unpaired) electrons. The monoisotopic (exact) mass is 615 g/mol. The number of rotatable bonds is 9. The highest BCUT2D eigenvalue weighted by Crippen LogP contribution is 2.49. The van der Waals surface area contributed by atoms with Crippen molar-refractivity contribution in [2.75, 3.05) is 20.3 Å². The number of halogens is 3. The molecule has 0 aliphatic carbocycles. The molecule has 2 heterocycles. The first-order valence-electron chi connectivity index (χ1n) is 13.8. The van der Waals surface area contributed by atoms with Gasteiger partial charge in [-0.05, 0) is 78.3 Å². The predicted octanol–water partition coefficient (Wildman–Crippen LogP) is 6.29. The summed E-state index contributed by atoms with van der Waals surface area (Å²) in [5.74, 6) is -2.45. The standard InChI is InChI=1S/C32H32Cl2FNO6/c1-3-31(40,21-10-12-42-13-11-21)23-16-26-29(27(35)17-23)32(41-2,22-5-8-24(33)9-6-22)36(30(26)39)18-19-4-7-25(34)14-20(19)15-28(37)38/h4-9,14,16-17,21,40H,3,10-13,15,18H2,1-2H3,(H,37,38)/t31-,32-/m1/s1. The molecule has 3 aromatic carbocycles. The molecule has 0 spiro atoms. The molecular formula is C32H32Cl2FNO6. The third-order valence-corrected chi connectivity index (χ3v) is 9.08. The molecule has 1 saturated heterocycles. The number of hydrogen-bond acceptors (Lipinski definition) is 5. The van der Waals surface area contributed by atoms with Gasteiger partial charge < -0.3 is 19.7 Å². The summed E-state index contributed by atoms with van der Waals surface area (Å²) in [6.45, 7) is 2.73. The van der Waals surface area contributed by atoms with E-state index in [2.05, 4.69) is 0 Å². The first-order chi connectivity index (χ1) is 20.0. The predicted molar refractivity (Wildman–Crippen MR) is 156 cm³/mol. The zero-order valence-corrected chi connectivity index (χ0v) is 24.8. The van der Waals surface area contributed by atoms with Gasteiger partial charge in [-0.1, -0.05) is 48.3 Å². The summed E-state index contributed by atoms with van der Waals surface area (Å²) in [4.78, 5) is 27.4. The van der Waals surface area contributed by atoms with E-state index in [1.54, 1.807) is 48.5 Å². The SMILES string of the molecule is CC[C@](O)(c1cc(F)c2c(c1)C(=O)N(Cc1ccc(Cl)cc1CC(=O)O)[C@@]2(OC)c1ccc(Cl)cc1)C1CCOCC1. The van der Waals surface area contributed by atoms with E-state index in [0.717, 1.165) is 0 Å². The zero-order valence-electron chi connectivity index (χ0n) is 23.3. The lowest BCUT2D eigenvalue weighted by atomic mass is 9.74. The van der Waals surface area contributed by atoms with Crippen LogP contribution in [0.15, 0.2) is 54.6 Å². The summed E-state index contributed by atoms with van der Waals surface area (Å²) in [6, 6.07) is 14.3. The fraction of sp³-hybridized carbons (Fsp3) is 0.375. The fourth-order valence-corrected chi connectivity index (χ4v) is 6.75. The molecule has 10 heteroatoms. The van der Waals surface area contributed by atoms with Gasteiger partial charge in [0.15, 0.2) is 5.72 Å². The Balaban J connectivity index is 1.70. The number of hydrogen-bond donors (Lipinski definition) is 2. The zero-order chi connectivity index (χ0) is 30.2. The van der Waals surface area contributed by atoms with Gasteiger partial charge in [0.1, 0.15) is 5.82 Å². The van der Waals surface area contributed by atoms with Gasteiger partial charge in [0.25, 0.3) is 5.91 Å². The van der Waals surface area contributed by atoms with E-state index in [-0.39, 0.29) is 30.0 Å². The Morgan fingerprint density at radius 2 is 1.76 bits per heavy atom. The van der Waals surface area contributed by atoms with Crippen molar-refractivity contribution in [2.45, 2.75) is 50.5 Å². The molecule has 5 rings (SSSR count). The van der Waals surface area contributed by atoms with Crippen LogP contribution in [0.1, 0.15) is 64.4 Å². The topological polar surface area (TPSA) is 96.3 Å². The summed E-state index contributed by atoms with van der Waals surface area (Å²) in [6.07, 6.45) is 1.22. The molecule has 222 valence electrons. The van der Waals surface area contributed by atoms with Crippen LogP contribution in [0.5, 0.6) is 0 Å². The minimum absolute atomic E-state index is 0.0141. The second-order valence-corrected chi connectivity index (χ2v) is 11.6. The van der Waals surface area contributed by atoms with Crippen LogP contribution in [0.2, 0.25) is 10.0 Å². The van der Waals surface area contributed by atoms with Crippen molar-refractivity contribution >= 4 is 35.1 Å². The normalized spacial score (nSPS) is 20.4. The third-order valence-electron chi connectivity index (χ3n) is 8.59. The minimum Gasteiger partial charge on any atom is -0.481 e. The lowest BCUT2D eigenvalue weighted by molar-refractivity contribution is -0.136. The van der Waals surface area contributed by atoms with Gasteiger partial charge in [-0.25, -0.2) is 4.39 Å². The minimum atomic E-state index is -1.71. The number of carboxylic acids is 1. The molecule has 0 saturated carbocycles. The van der Waals surface area contributed by atoms with Crippen LogP contribution in [-0.4, -0.2) is 47.3 Å². The van der Waals surface area contributed by atoms with Gasteiger partial charge in [0, 0.05) is 42.5 Å². The van der Waals surface area contributed by atoms with Gasteiger partial charge in [-0.3, -0.25) is 14.5 Å². The number of aliphatic carboxylic acids is 1. The quantitative estimate of drug-likeness (QED) is 0.294. The van der Waals surface area contributed by atoms with Crippen molar-refractivity contribution in [2.24, 2.45) is 5.92 Å². The Morgan fingerprint density at radius 1 is 1.10 bits per heavy atom. The van der Waals surface area contributed by atoms with Gasteiger partial charge in [-0.2, -0.15) is 0 Å². The van der Waals surface area contributed by atoms with E-state index in [1.165, 1.54) is 18.1 Å². The number of amides is 1. The average Bonchev–Trinajstić information content (AvgIpc) is 3.22. The number of fused-ring (bicyclic) bond motifs is 1. The van der Waals surface area contributed by atoms with Crippen LogP contribution in [0.3, 0.4) is 0 Å². The van der Waals surface area contributed by atoms with E-state index < -0.39 is 29.0 Å². The first kappa shape index (κ1) is 30.4. The molecule has 0 aromatic heterocycles. The maximum absolute atomic E-state index is 16.5. The molecule has 2 N–H and O–H groups in total. The summed E-state index contributed by atoms with van der Waals surface area (Å²) in [7, 11) is 1.39. The van der Waals surface area contributed by atoms with Crippen LogP contribution in [-0.2, 0) is 38.6 Å². The van der Waals surface area contributed by atoms with Crippen molar-refractivity contribution in [3.8, 4) is 0 Å². The van der Waals surface area contributed by atoms with Crippen molar-refractivity contribution in [1.29, 1.82) is 0 Å². The molecule has 42 heavy (non-hydrogen) atoms. The highest BCUT2D eigenvalue weighted by molar-refractivity contribution is 6.30. The second kappa shape index (κ2) is 11.9. The van der Waals surface area contributed by atoms with Gasteiger partial charge >= 0.3 is 5.97 Å². The Morgan fingerprint density at radius 3 is 2.38 bits per heavy atom. The van der Waals surface area contributed by atoms with Gasteiger partial charge in [0.05, 0.1) is 23.1 Å². The molecule has 2 aliphatic heterocycles. The Kier molecular flexibility index (Phi) is 8.65. The maximum atomic E-state index is 16.5. The molecule has 2 aliphatic rings. The van der Waals surface area contributed by atoms with Crippen LogP contribution >= 0.6 is 23.2 Å². The number of nitrogens with zero attached hydrogens (tertiary/aromatic N) is 1. The molecule has 0 bridgehead atoms. The molecular weight excluding hydrogens is 584 g/mol. The lowest BCUT2D eigenvalue weighted by Crippen LogP contribution is -2.46. The number of methoxy groups -OCH3 is 1. The first-order valence-corrected chi connectivity index (χ1v) is 14.6. The van der Waals surface area contributed by atoms with Crippen LogP contribution in [0.4, 0.5) is 4.39 Å². The van der Waals surface area contributed by atoms with Crippen molar-refractivity contribution in [3.63, 3.8) is 0 Å². The van der Waals surface area contributed by atoms with Crippen molar-refractivity contribution in [1.82, 2.24) is 4.90 Å². The number of ether oxygens (including phenoxy) is 2. The third kappa shape index (κ3) is 5.20. The lowest BCUT2D eigenvalue weighted by Gasteiger charge is -2.39. The summed E-state index contributed by atoms with van der Waals surface area (Å²) >= 11 is 12.4. The molecule has 2 atom stereocenters. The average molecular weight is 617 g/mol. The van der Waals surface area contributed by atoms with Crippen molar-refractivity contribution in [3.05, 3.63) is 104 Å². The molecule has 1 amide bonds. The highest BCUT2D eigenvalue weighted by atomic mass is 35.5. The highest BCUT2D eigenvalue weighted by Gasteiger charge is 2.54. The fourth-order valence-electron chi connectivity index (χ4n) is 6.43. The van der Waals surface area contributed by atoms with E-state index in [9.17, 15) is 19.8 Å². The van der Waals surface area contributed by atoms with Crippen molar-refractivity contribution < 1.29 is 33.7 Å². The number of aliphatic hydroxyl groups is 1. The number of carbonyl (C=O) groups excluding carboxylic acids is 1. The molecule has 0 unspecified atom stereocenters. The van der Waals surface area contributed by atoms with Gasteiger partial charge in [0.2, 0.25) is 0 Å². The maximum Gasteiger partial charge on any atom is 0.307 e. The van der Waals surface area contributed by atoms with E-state index >= 15 is 4.39 Å². The Hall–Kier alpha value is -3.01. The summed E-state index contributed by atoms with van der Waals surface area (Å²) in [5, 5.41) is 22.2. The largest absolute Gasteiger partial charge is 0.481 e. The smallest absolute Gasteiger partial charge is 0.307 e.